The Kier molecular flexibility index (Phi) is 2.65. The number of thiol groups is 1. The fraction of sp³-hybridized carbons (Fsp3) is 0.125. The van der Waals surface area contributed by atoms with Gasteiger partial charge in [-0.25, -0.2) is 4.79 Å². The highest BCUT2D eigenvalue weighted by Gasteiger charge is 2.08. The van der Waals surface area contributed by atoms with Crippen LogP contribution < -0.4 is 0 Å². The van der Waals surface area contributed by atoms with E-state index in [1.54, 1.807) is 13.0 Å². The predicted octanol–water partition coefficient (Wildman–Crippen LogP) is 2.64. The van der Waals surface area contributed by atoms with E-state index >= 15 is 0 Å². The average Bonchev–Trinajstić information content (AvgIpc) is 1.96. The van der Waals surface area contributed by atoms with Gasteiger partial charge in [-0.2, -0.15) is 0 Å². The van der Waals surface area contributed by atoms with E-state index in [2.05, 4.69) is 12.6 Å². The first-order valence-electron chi connectivity index (χ1n) is 3.25. The van der Waals surface area contributed by atoms with Crippen LogP contribution in [0, 0.1) is 6.92 Å². The normalized spacial score (nSPS) is 9.92. The number of hydrogen-bond donors (Lipinski definition) is 2. The zero-order valence-electron chi connectivity index (χ0n) is 6.34. The molecule has 0 aliphatic rings. The summed E-state index contributed by atoms with van der Waals surface area (Å²) < 4.78 is 0. The van der Waals surface area contributed by atoms with Crippen molar-refractivity contribution >= 4 is 30.2 Å². The van der Waals surface area contributed by atoms with Gasteiger partial charge in [-0.05, 0) is 24.6 Å². The monoisotopic (exact) mass is 202 g/mol. The third-order valence-corrected chi connectivity index (χ3v) is 2.34. The van der Waals surface area contributed by atoms with Crippen molar-refractivity contribution in [1.29, 1.82) is 0 Å². The molecule has 0 amide bonds. The van der Waals surface area contributed by atoms with Crippen LogP contribution in [0.3, 0.4) is 0 Å². The Morgan fingerprint density at radius 2 is 2.17 bits per heavy atom. The lowest BCUT2D eigenvalue weighted by molar-refractivity contribution is 0.0696. The van der Waals surface area contributed by atoms with E-state index < -0.39 is 5.97 Å². The van der Waals surface area contributed by atoms with Crippen molar-refractivity contribution < 1.29 is 9.90 Å². The molecule has 4 heteroatoms. The second-order valence-electron chi connectivity index (χ2n) is 2.42. The standard InChI is InChI=1S/C8H7ClO2S/c1-4-2-6(9)7(12)3-5(4)8(10)11/h2-3,12H,1H3,(H,10,11). The van der Waals surface area contributed by atoms with Crippen LogP contribution >= 0.6 is 24.2 Å². The number of carboxylic acid groups (broad SMARTS) is 1. The molecule has 0 unspecified atom stereocenters. The van der Waals surface area contributed by atoms with Crippen molar-refractivity contribution in [2.45, 2.75) is 11.8 Å². The Morgan fingerprint density at radius 3 is 2.67 bits per heavy atom. The first-order valence-corrected chi connectivity index (χ1v) is 4.07. The summed E-state index contributed by atoms with van der Waals surface area (Å²) in [6.07, 6.45) is 0. The third-order valence-electron chi connectivity index (χ3n) is 1.52. The molecule has 12 heavy (non-hydrogen) atoms. The van der Waals surface area contributed by atoms with E-state index in [9.17, 15) is 4.79 Å². The molecular formula is C8H7ClO2S. The van der Waals surface area contributed by atoms with Gasteiger partial charge in [-0.15, -0.1) is 12.6 Å². The smallest absolute Gasteiger partial charge is 0.335 e. The molecular weight excluding hydrogens is 196 g/mol. The van der Waals surface area contributed by atoms with E-state index in [-0.39, 0.29) is 5.56 Å². The quantitative estimate of drug-likeness (QED) is 0.687. The van der Waals surface area contributed by atoms with Gasteiger partial charge in [0.1, 0.15) is 0 Å². The molecule has 0 radical (unpaired) electrons. The summed E-state index contributed by atoms with van der Waals surface area (Å²) in [5.74, 6) is -0.959. The first kappa shape index (κ1) is 9.42. The minimum Gasteiger partial charge on any atom is -0.478 e. The highest BCUT2D eigenvalue weighted by atomic mass is 35.5. The molecule has 1 N–H and O–H groups in total. The van der Waals surface area contributed by atoms with Gasteiger partial charge in [-0.3, -0.25) is 0 Å². The predicted molar refractivity (Wildman–Crippen MR) is 50.4 cm³/mol. The van der Waals surface area contributed by atoms with Gasteiger partial charge >= 0.3 is 5.97 Å². The molecule has 0 spiro atoms. The van der Waals surface area contributed by atoms with Crippen LogP contribution in [0.4, 0.5) is 0 Å². The maximum absolute atomic E-state index is 10.6. The molecule has 1 rings (SSSR count). The topological polar surface area (TPSA) is 37.3 Å². The van der Waals surface area contributed by atoms with Crippen LogP contribution in [0.15, 0.2) is 17.0 Å². The molecule has 0 saturated heterocycles. The molecule has 64 valence electrons. The van der Waals surface area contributed by atoms with Crippen LogP contribution in [-0.4, -0.2) is 11.1 Å². The Bertz CT molecular complexity index is 336. The van der Waals surface area contributed by atoms with E-state index in [1.165, 1.54) is 6.07 Å². The number of carbonyl (C=O) groups is 1. The number of aryl methyl sites for hydroxylation is 1. The highest BCUT2D eigenvalue weighted by molar-refractivity contribution is 7.80. The summed E-state index contributed by atoms with van der Waals surface area (Å²) in [5.41, 5.74) is 0.884. The molecule has 0 aliphatic heterocycles. The van der Waals surface area contributed by atoms with E-state index in [1.807, 2.05) is 0 Å². The lowest BCUT2D eigenvalue weighted by atomic mass is 10.1. The zero-order valence-corrected chi connectivity index (χ0v) is 7.99. The van der Waals surface area contributed by atoms with Gasteiger partial charge in [0, 0.05) is 4.90 Å². The van der Waals surface area contributed by atoms with Crippen LogP contribution in [0.1, 0.15) is 15.9 Å². The summed E-state index contributed by atoms with van der Waals surface area (Å²) in [4.78, 5) is 11.1. The minimum absolute atomic E-state index is 0.240. The van der Waals surface area contributed by atoms with Crippen molar-refractivity contribution in [2.75, 3.05) is 0 Å². The second kappa shape index (κ2) is 3.37. The van der Waals surface area contributed by atoms with Crippen molar-refractivity contribution in [1.82, 2.24) is 0 Å². The molecule has 0 bridgehead atoms. The van der Waals surface area contributed by atoms with Crippen molar-refractivity contribution in [3.63, 3.8) is 0 Å². The Morgan fingerprint density at radius 1 is 1.58 bits per heavy atom. The minimum atomic E-state index is -0.959. The SMILES string of the molecule is Cc1cc(Cl)c(S)cc1C(=O)O. The summed E-state index contributed by atoms with van der Waals surface area (Å²) >= 11 is 9.74. The molecule has 0 fully saturated rings. The molecule has 0 heterocycles. The van der Waals surface area contributed by atoms with Crippen LogP contribution in [0.2, 0.25) is 5.02 Å². The molecule has 0 atom stereocenters. The Balaban J connectivity index is 3.33. The zero-order chi connectivity index (χ0) is 9.30. The van der Waals surface area contributed by atoms with Gasteiger partial charge in [0.2, 0.25) is 0 Å². The highest BCUT2D eigenvalue weighted by Crippen LogP contribution is 2.23. The van der Waals surface area contributed by atoms with Gasteiger partial charge < -0.3 is 5.11 Å². The Hall–Kier alpha value is -0.670. The number of aromatic carboxylic acids is 1. The number of rotatable bonds is 1. The van der Waals surface area contributed by atoms with E-state index in [0.717, 1.165) is 0 Å². The fourth-order valence-electron chi connectivity index (χ4n) is 0.892. The summed E-state index contributed by atoms with van der Waals surface area (Å²) in [6.45, 7) is 1.70. The number of carboxylic acids is 1. The summed E-state index contributed by atoms with van der Waals surface area (Å²) in [6, 6.07) is 3.04. The average molecular weight is 203 g/mol. The van der Waals surface area contributed by atoms with E-state index in [0.29, 0.717) is 15.5 Å². The molecule has 1 aromatic carbocycles. The first-order chi connectivity index (χ1) is 5.52. The molecule has 0 saturated carbocycles. The molecule has 0 aliphatic carbocycles. The maximum atomic E-state index is 10.6. The van der Waals surface area contributed by atoms with Gasteiger partial charge in [0.15, 0.2) is 0 Å². The van der Waals surface area contributed by atoms with Crippen molar-refractivity contribution in [3.8, 4) is 0 Å². The van der Waals surface area contributed by atoms with Gasteiger partial charge in [0.25, 0.3) is 0 Å². The number of halogens is 1. The third kappa shape index (κ3) is 1.73. The van der Waals surface area contributed by atoms with E-state index in [4.69, 9.17) is 16.7 Å². The van der Waals surface area contributed by atoms with Gasteiger partial charge in [-0.1, -0.05) is 11.6 Å². The maximum Gasteiger partial charge on any atom is 0.335 e. The largest absolute Gasteiger partial charge is 0.478 e. The number of benzene rings is 1. The Labute approximate surface area is 80.6 Å². The lowest BCUT2D eigenvalue weighted by Gasteiger charge is -2.02. The summed E-state index contributed by atoms with van der Waals surface area (Å²) in [7, 11) is 0. The van der Waals surface area contributed by atoms with Crippen molar-refractivity contribution in [3.05, 3.63) is 28.3 Å². The molecule has 0 aromatic heterocycles. The van der Waals surface area contributed by atoms with Gasteiger partial charge in [0.05, 0.1) is 10.6 Å². The lowest BCUT2D eigenvalue weighted by Crippen LogP contribution is -1.99. The van der Waals surface area contributed by atoms with Crippen LogP contribution in [0.5, 0.6) is 0 Å². The molecule has 1 aromatic rings. The van der Waals surface area contributed by atoms with Crippen molar-refractivity contribution in [2.24, 2.45) is 0 Å². The van der Waals surface area contributed by atoms with Crippen LogP contribution in [-0.2, 0) is 0 Å². The fourth-order valence-corrected chi connectivity index (χ4v) is 1.30. The molecule has 2 nitrogen and oxygen atoms in total. The van der Waals surface area contributed by atoms with Crippen LogP contribution in [0.25, 0.3) is 0 Å². The number of hydrogen-bond acceptors (Lipinski definition) is 2. The second-order valence-corrected chi connectivity index (χ2v) is 3.31. The summed E-state index contributed by atoms with van der Waals surface area (Å²) in [5, 5.41) is 9.18.